The topological polar surface area (TPSA) is 55.8 Å². The minimum Gasteiger partial charge on any atom is -0.491 e. The summed E-state index contributed by atoms with van der Waals surface area (Å²) < 4.78 is 11.3. The third-order valence-electron chi connectivity index (χ3n) is 4.33. The second-order valence-electron chi connectivity index (χ2n) is 5.93. The number of amides is 2. The molecule has 5 heteroatoms. The lowest BCUT2D eigenvalue weighted by atomic mass is 10.1. The standard InChI is InChI=1S/C19H17NO4/c21-18-16-8-1-2-9-17(16)19(22)20(18)13-5-3-6-14(11-13)24-12-15-7-4-10-23-15/h1-3,5-6,8-9,11,15H,4,7,10,12H2. The summed E-state index contributed by atoms with van der Waals surface area (Å²) in [7, 11) is 0. The van der Waals surface area contributed by atoms with Crippen LogP contribution in [0.2, 0.25) is 0 Å². The van der Waals surface area contributed by atoms with Gasteiger partial charge in [-0.3, -0.25) is 9.59 Å². The smallest absolute Gasteiger partial charge is 0.266 e. The number of anilines is 1. The molecule has 4 rings (SSSR count). The summed E-state index contributed by atoms with van der Waals surface area (Å²) in [6.45, 7) is 1.26. The predicted octanol–water partition coefficient (Wildman–Crippen LogP) is 3.05. The Morgan fingerprint density at radius 2 is 1.79 bits per heavy atom. The van der Waals surface area contributed by atoms with E-state index in [0.29, 0.717) is 29.2 Å². The van der Waals surface area contributed by atoms with E-state index in [4.69, 9.17) is 9.47 Å². The second-order valence-corrected chi connectivity index (χ2v) is 5.93. The molecule has 0 aromatic heterocycles. The summed E-state index contributed by atoms with van der Waals surface area (Å²) >= 11 is 0. The largest absolute Gasteiger partial charge is 0.491 e. The second kappa shape index (κ2) is 6.09. The summed E-state index contributed by atoms with van der Waals surface area (Å²) in [4.78, 5) is 26.3. The molecule has 0 saturated carbocycles. The highest BCUT2D eigenvalue weighted by atomic mass is 16.5. The number of carbonyl (C=O) groups excluding carboxylic acids is 2. The Kier molecular flexibility index (Phi) is 3.78. The molecule has 0 radical (unpaired) electrons. The molecule has 1 fully saturated rings. The summed E-state index contributed by atoms with van der Waals surface area (Å²) in [5, 5.41) is 0. The van der Waals surface area contributed by atoms with Crippen molar-refractivity contribution in [2.45, 2.75) is 18.9 Å². The molecule has 2 aliphatic heterocycles. The SMILES string of the molecule is O=C1c2ccccc2C(=O)N1c1cccc(OCC2CCCO2)c1. The van der Waals surface area contributed by atoms with Gasteiger partial charge in [0, 0.05) is 12.7 Å². The van der Waals surface area contributed by atoms with E-state index < -0.39 is 0 Å². The van der Waals surface area contributed by atoms with Gasteiger partial charge in [-0.15, -0.1) is 0 Å². The average Bonchev–Trinajstić information content (AvgIpc) is 3.21. The molecular formula is C19H17NO4. The number of nitrogens with zero attached hydrogens (tertiary/aromatic N) is 1. The molecule has 1 atom stereocenters. The number of rotatable bonds is 4. The van der Waals surface area contributed by atoms with Gasteiger partial charge in [0.1, 0.15) is 12.4 Å². The van der Waals surface area contributed by atoms with Gasteiger partial charge in [-0.25, -0.2) is 4.90 Å². The number of hydrogen-bond acceptors (Lipinski definition) is 4. The quantitative estimate of drug-likeness (QED) is 0.812. The van der Waals surface area contributed by atoms with Crippen LogP contribution in [0.15, 0.2) is 48.5 Å². The normalized spacial score (nSPS) is 19.7. The van der Waals surface area contributed by atoms with E-state index in [9.17, 15) is 9.59 Å². The van der Waals surface area contributed by atoms with Crippen molar-refractivity contribution in [3.05, 3.63) is 59.7 Å². The summed E-state index contributed by atoms with van der Waals surface area (Å²) in [5.74, 6) is 0.0262. The molecule has 2 amide bonds. The van der Waals surface area contributed by atoms with Crippen LogP contribution in [0.25, 0.3) is 0 Å². The Bertz CT molecular complexity index is 760. The van der Waals surface area contributed by atoms with E-state index in [-0.39, 0.29) is 17.9 Å². The highest BCUT2D eigenvalue weighted by Crippen LogP contribution is 2.30. The maximum absolute atomic E-state index is 12.5. The molecule has 0 spiro atoms. The number of imide groups is 1. The summed E-state index contributed by atoms with van der Waals surface area (Å²) in [5.41, 5.74) is 1.40. The van der Waals surface area contributed by atoms with Gasteiger partial charge < -0.3 is 9.47 Å². The fraction of sp³-hybridized carbons (Fsp3) is 0.263. The van der Waals surface area contributed by atoms with Gasteiger partial charge >= 0.3 is 0 Å². The monoisotopic (exact) mass is 323 g/mol. The van der Waals surface area contributed by atoms with E-state index in [1.807, 2.05) is 6.07 Å². The molecule has 24 heavy (non-hydrogen) atoms. The molecule has 2 aromatic carbocycles. The fourth-order valence-corrected chi connectivity index (χ4v) is 3.10. The predicted molar refractivity (Wildman–Crippen MR) is 88.5 cm³/mol. The molecule has 122 valence electrons. The van der Waals surface area contributed by atoms with Crippen molar-refractivity contribution >= 4 is 17.5 Å². The number of ether oxygens (including phenoxy) is 2. The van der Waals surface area contributed by atoms with Gasteiger partial charge in [0.05, 0.1) is 22.9 Å². The Hall–Kier alpha value is -2.66. The van der Waals surface area contributed by atoms with Crippen LogP contribution in [-0.2, 0) is 4.74 Å². The Morgan fingerprint density at radius 1 is 1.04 bits per heavy atom. The number of hydrogen-bond donors (Lipinski definition) is 0. The molecule has 0 aliphatic carbocycles. The van der Waals surface area contributed by atoms with Crippen molar-refractivity contribution in [2.24, 2.45) is 0 Å². The molecular weight excluding hydrogens is 306 g/mol. The van der Waals surface area contributed by atoms with E-state index in [1.165, 1.54) is 4.90 Å². The Labute approximate surface area is 139 Å². The number of benzene rings is 2. The maximum Gasteiger partial charge on any atom is 0.266 e. The van der Waals surface area contributed by atoms with Crippen molar-refractivity contribution in [3.63, 3.8) is 0 Å². The van der Waals surface area contributed by atoms with Gasteiger partial charge in [0.2, 0.25) is 0 Å². The molecule has 0 bridgehead atoms. The molecule has 2 heterocycles. The highest BCUT2D eigenvalue weighted by Gasteiger charge is 2.36. The molecule has 1 saturated heterocycles. The molecule has 2 aromatic rings. The third-order valence-corrected chi connectivity index (χ3v) is 4.33. The van der Waals surface area contributed by atoms with Crippen molar-refractivity contribution in [3.8, 4) is 5.75 Å². The van der Waals surface area contributed by atoms with Crippen molar-refractivity contribution in [2.75, 3.05) is 18.1 Å². The number of carbonyl (C=O) groups is 2. The third kappa shape index (κ3) is 2.57. The van der Waals surface area contributed by atoms with Crippen LogP contribution in [0, 0.1) is 0 Å². The molecule has 0 N–H and O–H groups in total. The van der Waals surface area contributed by atoms with Crippen LogP contribution in [0.4, 0.5) is 5.69 Å². The zero-order chi connectivity index (χ0) is 16.5. The fourth-order valence-electron chi connectivity index (χ4n) is 3.10. The molecule has 1 unspecified atom stereocenters. The first kappa shape index (κ1) is 14.9. The zero-order valence-electron chi connectivity index (χ0n) is 13.1. The van der Waals surface area contributed by atoms with Crippen molar-refractivity contribution in [1.82, 2.24) is 0 Å². The van der Waals surface area contributed by atoms with Crippen LogP contribution < -0.4 is 9.64 Å². The van der Waals surface area contributed by atoms with Crippen LogP contribution >= 0.6 is 0 Å². The highest BCUT2D eigenvalue weighted by molar-refractivity contribution is 6.34. The number of fused-ring (bicyclic) bond motifs is 1. The van der Waals surface area contributed by atoms with Gasteiger partial charge in [0.25, 0.3) is 11.8 Å². The summed E-state index contributed by atoms with van der Waals surface area (Å²) in [6, 6.07) is 13.9. The first-order chi connectivity index (χ1) is 11.7. The van der Waals surface area contributed by atoms with Gasteiger partial charge in [-0.1, -0.05) is 18.2 Å². The minimum atomic E-state index is -0.299. The van der Waals surface area contributed by atoms with Crippen LogP contribution in [0.5, 0.6) is 5.75 Å². The van der Waals surface area contributed by atoms with E-state index in [1.54, 1.807) is 42.5 Å². The van der Waals surface area contributed by atoms with Crippen molar-refractivity contribution < 1.29 is 19.1 Å². The Balaban J connectivity index is 1.55. The molecule has 5 nitrogen and oxygen atoms in total. The van der Waals surface area contributed by atoms with E-state index >= 15 is 0 Å². The van der Waals surface area contributed by atoms with E-state index in [0.717, 1.165) is 19.4 Å². The van der Waals surface area contributed by atoms with Gasteiger partial charge in [-0.05, 0) is 37.1 Å². The van der Waals surface area contributed by atoms with Crippen LogP contribution in [-0.4, -0.2) is 31.1 Å². The first-order valence-electron chi connectivity index (χ1n) is 8.06. The average molecular weight is 323 g/mol. The lowest BCUT2D eigenvalue weighted by molar-refractivity contribution is 0.0679. The molecule has 2 aliphatic rings. The van der Waals surface area contributed by atoms with Gasteiger partial charge in [-0.2, -0.15) is 0 Å². The van der Waals surface area contributed by atoms with Crippen LogP contribution in [0.3, 0.4) is 0 Å². The van der Waals surface area contributed by atoms with Gasteiger partial charge in [0.15, 0.2) is 0 Å². The maximum atomic E-state index is 12.5. The summed E-state index contributed by atoms with van der Waals surface area (Å²) in [6.07, 6.45) is 2.18. The van der Waals surface area contributed by atoms with E-state index in [2.05, 4.69) is 0 Å². The lowest BCUT2D eigenvalue weighted by Crippen LogP contribution is -2.29. The lowest BCUT2D eigenvalue weighted by Gasteiger charge is -2.16. The van der Waals surface area contributed by atoms with Crippen LogP contribution in [0.1, 0.15) is 33.6 Å². The Morgan fingerprint density at radius 3 is 2.46 bits per heavy atom. The van der Waals surface area contributed by atoms with Crippen molar-refractivity contribution in [1.29, 1.82) is 0 Å². The zero-order valence-corrected chi connectivity index (χ0v) is 13.1. The first-order valence-corrected chi connectivity index (χ1v) is 8.06. The minimum absolute atomic E-state index is 0.118.